The number of aromatic nitrogens is 1. The molecule has 0 aliphatic heterocycles. The molecule has 1 fully saturated rings. The van der Waals surface area contributed by atoms with Crippen LogP contribution in [0.5, 0.6) is 0 Å². The molecule has 0 radical (unpaired) electrons. The fourth-order valence-corrected chi connectivity index (χ4v) is 3.80. The molecule has 0 unspecified atom stereocenters. The molecule has 1 N–H and O–H groups in total. The van der Waals surface area contributed by atoms with Gasteiger partial charge in [0.05, 0.1) is 5.56 Å². The van der Waals surface area contributed by atoms with Crippen molar-refractivity contribution in [3.8, 4) is 11.1 Å². The van der Waals surface area contributed by atoms with Gasteiger partial charge in [-0.05, 0) is 55.2 Å². The number of amides is 1. The zero-order valence-electron chi connectivity index (χ0n) is 15.8. The number of carbonyl (C=O) groups excluding carboxylic acids is 1. The summed E-state index contributed by atoms with van der Waals surface area (Å²) >= 11 is 6.05. The van der Waals surface area contributed by atoms with E-state index >= 15 is 0 Å². The predicted octanol–water partition coefficient (Wildman–Crippen LogP) is 6.27. The zero-order chi connectivity index (χ0) is 20.8. The lowest BCUT2D eigenvalue weighted by atomic mass is 9.96. The second kappa shape index (κ2) is 7.41. The van der Waals surface area contributed by atoms with Gasteiger partial charge >= 0.3 is 6.18 Å². The number of nitrogens with one attached hydrogen (secondary N) is 1. The van der Waals surface area contributed by atoms with Gasteiger partial charge in [0.15, 0.2) is 0 Å². The second-order valence-electron chi connectivity index (χ2n) is 7.39. The highest BCUT2D eigenvalue weighted by molar-refractivity contribution is 6.31. The average molecular weight is 421 g/mol. The molecule has 7 heteroatoms. The van der Waals surface area contributed by atoms with Crippen LogP contribution in [0.15, 0.2) is 42.6 Å². The normalized spacial score (nSPS) is 14.4. The van der Waals surface area contributed by atoms with Gasteiger partial charge in [0.25, 0.3) is 0 Å². The van der Waals surface area contributed by atoms with Gasteiger partial charge in [-0.15, -0.1) is 0 Å². The molecule has 1 aliphatic carbocycles. The molecule has 29 heavy (non-hydrogen) atoms. The molecule has 0 bridgehead atoms. The van der Waals surface area contributed by atoms with E-state index in [1.165, 1.54) is 6.07 Å². The van der Waals surface area contributed by atoms with Crippen molar-refractivity contribution >= 4 is 28.4 Å². The number of alkyl halides is 3. The SMILES string of the molecule is CCN(Cc1cc(C(F)(F)F)ccc1-c1c[nH]c2cc(Cl)ccc12)C(=O)C1CC1. The quantitative estimate of drug-likeness (QED) is 0.519. The van der Waals surface area contributed by atoms with E-state index in [0.717, 1.165) is 41.4 Å². The molecule has 152 valence electrons. The highest BCUT2D eigenvalue weighted by atomic mass is 35.5. The number of halogens is 4. The highest BCUT2D eigenvalue weighted by Crippen LogP contribution is 2.38. The maximum atomic E-state index is 13.4. The van der Waals surface area contributed by atoms with Crippen molar-refractivity contribution in [3.05, 3.63) is 58.7 Å². The van der Waals surface area contributed by atoms with Crippen molar-refractivity contribution in [1.29, 1.82) is 0 Å². The Balaban J connectivity index is 1.80. The number of nitrogens with zero attached hydrogens (tertiary/aromatic N) is 1. The van der Waals surface area contributed by atoms with Gasteiger partial charge in [-0.1, -0.05) is 23.7 Å². The summed E-state index contributed by atoms with van der Waals surface area (Å²) in [6, 6.07) is 9.11. The Kier molecular flexibility index (Phi) is 5.07. The number of hydrogen-bond donors (Lipinski definition) is 1. The Hall–Kier alpha value is -2.47. The number of aromatic amines is 1. The van der Waals surface area contributed by atoms with E-state index in [2.05, 4.69) is 4.98 Å². The molecule has 3 nitrogen and oxygen atoms in total. The Labute approximate surface area is 171 Å². The van der Waals surface area contributed by atoms with Gasteiger partial charge in [0, 0.05) is 46.7 Å². The van der Waals surface area contributed by atoms with Gasteiger partial charge < -0.3 is 9.88 Å². The topological polar surface area (TPSA) is 36.1 Å². The number of hydrogen-bond acceptors (Lipinski definition) is 1. The van der Waals surface area contributed by atoms with E-state index in [0.29, 0.717) is 22.7 Å². The summed E-state index contributed by atoms with van der Waals surface area (Å²) in [6.07, 6.45) is -0.966. The molecule has 1 saturated carbocycles. The van der Waals surface area contributed by atoms with E-state index in [9.17, 15) is 18.0 Å². The molecule has 0 atom stereocenters. The summed E-state index contributed by atoms with van der Waals surface area (Å²) < 4.78 is 40.1. The number of benzene rings is 2. The second-order valence-corrected chi connectivity index (χ2v) is 7.83. The monoisotopic (exact) mass is 420 g/mol. The Bertz CT molecular complexity index is 1070. The summed E-state index contributed by atoms with van der Waals surface area (Å²) in [7, 11) is 0. The fraction of sp³-hybridized carbons (Fsp3) is 0.318. The van der Waals surface area contributed by atoms with Gasteiger partial charge in [0.2, 0.25) is 5.91 Å². The van der Waals surface area contributed by atoms with Gasteiger partial charge in [-0.25, -0.2) is 0 Å². The van der Waals surface area contributed by atoms with Gasteiger partial charge in [-0.3, -0.25) is 4.79 Å². The van der Waals surface area contributed by atoms with Crippen LogP contribution >= 0.6 is 11.6 Å². The first kappa shape index (κ1) is 19.8. The molecule has 1 heterocycles. The summed E-state index contributed by atoms with van der Waals surface area (Å²) in [5.74, 6) is 0.0287. The maximum absolute atomic E-state index is 13.4. The van der Waals surface area contributed by atoms with Gasteiger partial charge in [-0.2, -0.15) is 13.2 Å². The molecular formula is C22H20ClF3N2O. The predicted molar refractivity (Wildman–Crippen MR) is 108 cm³/mol. The van der Waals surface area contributed by atoms with Crippen molar-refractivity contribution in [2.24, 2.45) is 5.92 Å². The Morgan fingerprint density at radius 1 is 1.17 bits per heavy atom. The minimum Gasteiger partial charge on any atom is -0.361 e. The third kappa shape index (κ3) is 3.99. The number of carbonyl (C=O) groups is 1. The third-order valence-corrected chi connectivity index (χ3v) is 5.58. The van der Waals surface area contributed by atoms with Crippen LogP contribution in [-0.2, 0) is 17.5 Å². The van der Waals surface area contributed by atoms with E-state index in [1.54, 1.807) is 23.2 Å². The van der Waals surface area contributed by atoms with Crippen molar-refractivity contribution in [2.75, 3.05) is 6.54 Å². The van der Waals surface area contributed by atoms with Crippen LogP contribution in [0, 0.1) is 5.92 Å². The fourth-order valence-electron chi connectivity index (χ4n) is 3.62. The Morgan fingerprint density at radius 2 is 1.93 bits per heavy atom. The number of rotatable bonds is 5. The van der Waals surface area contributed by atoms with Crippen LogP contribution in [0.4, 0.5) is 13.2 Å². The summed E-state index contributed by atoms with van der Waals surface area (Å²) in [5.41, 5.74) is 2.03. The largest absolute Gasteiger partial charge is 0.416 e. The van der Waals surface area contributed by atoms with Crippen LogP contribution in [0.2, 0.25) is 5.02 Å². The molecular weight excluding hydrogens is 401 g/mol. The average Bonchev–Trinajstić information content (AvgIpc) is 3.45. The maximum Gasteiger partial charge on any atom is 0.416 e. The van der Waals surface area contributed by atoms with E-state index < -0.39 is 11.7 Å². The zero-order valence-corrected chi connectivity index (χ0v) is 16.6. The van der Waals surface area contributed by atoms with Crippen molar-refractivity contribution < 1.29 is 18.0 Å². The summed E-state index contributed by atoms with van der Waals surface area (Å²) in [6.45, 7) is 2.45. The first-order valence-electron chi connectivity index (χ1n) is 9.54. The van der Waals surface area contributed by atoms with Crippen molar-refractivity contribution in [1.82, 2.24) is 9.88 Å². The highest BCUT2D eigenvalue weighted by Gasteiger charge is 2.34. The minimum absolute atomic E-state index is 0.0134. The van der Waals surface area contributed by atoms with Crippen LogP contribution in [0.25, 0.3) is 22.0 Å². The van der Waals surface area contributed by atoms with Crippen LogP contribution in [0.1, 0.15) is 30.9 Å². The Morgan fingerprint density at radius 3 is 2.59 bits per heavy atom. The standard InChI is InChI=1S/C22H20ClF3N2O/c1-2-28(21(29)13-3-4-13)12-14-9-15(22(24,25)26)5-7-17(14)19-11-27-20-10-16(23)6-8-18(19)20/h5-11,13,27H,2-4,12H2,1H3. The van der Waals surface area contributed by atoms with Crippen LogP contribution in [0.3, 0.4) is 0 Å². The van der Waals surface area contributed by atoms with E-state index in [1.807, 2.05) is 13.0 Å². The van der Waals surface area contributed by atoms with Crippen LogP contribution < -0.4 is 0 Å². The molecule has 1 aliphatic rings. The molecule has 3 aromatic rings. The van der Waals surface area contributed by atoms with Crippen molar-refractivity contribution in [2.45, 2.75) is 32.5 Å². The molecule has 2 aromatic carbocycles. The first-order valence-corrected chi connectivity index (χ1v) is 9.91. The minimum atomic E-state index is -4.45. The molecule has 0 spiro atoms. The summed E-state index contributed by atoms with van der Waals surface area (Å²) in [4.78, 5) is 17.3. The van der Waals surface area contributed by atoms with E-state index in [-0.39, 0.29) is 18.4 Å². The van der Waals surface area contributed by atoms with E-state index in [4.69, 9.17) is 11.6 Å². The molecule has 0 saturated heterocycles. The number of fused-ring (bicyclic) bond motifs is 1. The van der Waals surface area contributed by atoms with Crippen molar-refractivity contribution in [3.63, 3.8) is 0 Å². The smallest absolute Gasteiger partial charge is 0.361 e. The molecule has 4 rings (SSSR count). The lowest BCUT2D eigenvalue weighted by molar-refractivity contribution is -0.137. The third-order valence-electron chi connectivity index (χ3n) is 5.35. The number of H-pyrrole nitrogens is 1. The molecule has 1 amide bonds. The summed E-state index contributed by atoms with van der Waals surface area (Å²) in [5, 5.41) is 1.44. The molecule has 1 aromatic heterocycles. The first-order chi connectivity index (χ1) is 13.8. The lowest BCUT2D eigenvalue weighted by Crippen LogP contribution is -2.31. The lowest BCUT2D eigenvalue weighted by Gasteiger charge is -2.23. The van der Waals surface area contributed by atoms with Gasteiger partial charge in [0.1, 0.15) is 0 Å². The van der Waals surface area contributed by atoms with Crippen LogP contribution in [-0.4, -0.2) is 22.3 Å².